The third-order valence-electron chi connectivity index (χ3n) is 3.83. The van der Waals surface area contributed by atoms with E-state index in [0.29, 0.717) is 28.5 Å². The highest BCUT2D eigenvalue weighted by Gasteiger charge is 2.28. The van der Waals surface area contributed by atoms with Gasteiger partial charge in [0.05, 0.1) is 0 Å². The van der Waals surface area contributed by atoms with Crippen LogP contribution < -0.4 is 11.1 Å². The Morgan fingerprint density at radius 2 is 1.95 bits per heavy atom. The summed E-state index contributed by atoms with van der Waals surface area (Å²) in [6.45, 7) is 0.705. The molecule has 0 radical (unpaired) electrons. The fourth-order valence-corrected chi connectivity index (χ4v) is 3.35. The third-order valence-corrected chi connectivity index (χ3v) is 4.27. The first-order valence-electron chi connectivity index (χ1n) is 6.67. The van der Waals surface area contributed by atoms with Crippen molar-refractivity contribution in [1.29, 1.82) is 0 Å². The molecule has 3 nitrogen and oxygen atoms in total. The summed E-state index contributed by atoms with van der Waals surface area (Å²) in [5, 5.41) is 14.1. The molecule has 0 aliphatic heterocycles. The third kappa shape index (κ3) is 3.83. The lowest BCUT2D eigenvalue weighted by molar-refractivity contribution is 0.200. The smallest absolute Gasteiger partial charge is 0.0474 e. The molecule has 5 heteroatoms. The van der Waals surface area contributed by atoms with E-state index in [1.54, 1.807) is 6.07 Å². The predicted octanol–water partition coefficient (Wildman–Crippen LogP) is 2.74. The Morgan fingerprint density at radius 1 is 1.26 bits per heavy atom. The van der Waals surface area contributed by atoms with Crippen molar-refractivity contribution in [3.8, 4) is 0 Å². The van der Waals surface area contributed by atoms with Crippen molar-refractivity contribution in [3.05, 3.63) is 33.8 Å². The van der Waals surface area contributed by atoms with Gasteiger partial charge in [0.2, 0.25) is 0 Å². The molecule has 0 spiro atoms. The molecule has 1 fully saturated rings. The first-order chi connectivity index (χ1) is 9.13. The molecule has 3 unspecified atom stereocenters. The fraction of sp³-hybridized carbons (Fsp3) is 0.571. The predicted molar refractivity (Wildman–Crippen MR) is 79.6 cm³/mol. The number of benzene rings is 1. The molecular weight excluding hydrogens is 283 g/mol. The van der Waals surface area contributed by atoms with Gasteiger partial charge in [0.1, 0.15) is 0 Å². The number of halogens is 2. The lowest BCUT2D eigenvalue weighted by atomic mass is 10.0. The van der Waals surface area contributed by atoms with Crippen molar-refractivity contribution in [2.75, 3.05) is 13.2 Å². The van der Waals surface area contributed by atoms with E-state index in [4.69, 9.17) is 28.9 Å². The Labute approximate surface area is 124 Å². The van der Waals surface area contributed by atoms with Gasteiger partial charge in [-0.1, -0.05) is 29.6 Å². The summed E-state index contributed by atoms with van der Waals surface area (Å²) < 4.78 is 0. The van der Waals surface area contributed by atoms with Crippen LogP contribution in [0.4, 0.5) is 0 Å². The number of hydrogen-bond acceptors (Lipinski definition) is 3. The van der Waals surface area contributed by atoms with E-state index < -0.39 is 0 Å². The van der Waals surface area contributed by atoms with Crippen molar-refractivity contribution >= 4 is 23.2 Å². The molecule has 1 aliphatic rings. The van der Waals surface area contributed by atoms with E-state index in [-0.39, 0.29) is 12.6 Å². The summed E-state index contributed by atoms with van der Waals surface area (Å²) in [6, 6.07) is 5.83. The fourth-order valence-electron chi connectivity index (χ4n) is 2.81. The highest BCUT2D eigenvalue weighted by atomic mass is 35.5. The molecule has 0 heterocycles. The van der Waals surface area contributed by atoms with Gasteiger partial charge >= 0.3 is 0 Å². The number of hydrogen-bond donors (Lipinski definition) is 3. The van der Waals surface area contributed by atoms with Crippen LogP contribution in [-0.2, 0) is 0 Å². The largest absolute Gasteiger partial charge is 0.396 e. The average Bonchev–Trinajstić information content (AvgIpc) is 2.81. The summed E-state index contributed by atoms with van der Waals surface area (Å²) >= 11 is 12.1. The van der Waals surface area contributed by atoms with E-state index in [2.05, 4.69) is 5.32 Å². The van der Waals surface area contributed by atoms with Crippen molar-refractivity contribution in [3.63, 3.8) is 0 Å². The van der Waals surface area contributed by atoms with Crippen LogP contribution in [-0.4, -0.2) is 24.3 Å². The molecule has 3 atom stereocenters. The van der Waals surface area contributed by atoms with Crippen molar-refractivity contribution in [2.24, 2.45) is 11.7 Å². The maximum Gasteiger partial charge on any atom is 0.0474 e. The topological polar surface area (TPSA) is 58.3 Å². The molecule has 1 aliphatic carbocycles. The number of aliphatic hydroxyl groups excluding tert-OH is 1. The molecule has 1 saturated carbocycles. The van der Waals surface area contributed by atoms with Crippen LogP contribution >= 0.6 is 23.2 Å². The normalized spacial score (nSPS) is 24.6. The van der Waals surface area contributed by atoms with Crippen LogP contribution in [0.25, 0.3) is 0 Å². The highest BCUT2D eigenvalue weighted by molar-refractivity contribution is 6.34. The zero-order valence-electron chi connectivity index (χ0n) is 10.8. The molecule has 19 heavy (non-hydrogen) atoms. The van der Waals surface area contributed by atoms with Gasteiger partial charge in [-0.25, -0.2) is 0 Å². The molecule has 0 amide bonds. The molecular formula is C14H20Cl2N2O. The quantitative estimate of drug-likeness (QED) is 0.784. The van der Waals surface area contributed by atoms with Crippen molar-refractivity contribution in [1.82, 2.24) is 5.32 Å². The minimum absolute atomic E-state index is 0.0216. The van der Waals surface area contributed by atoms with Gasteiger partial charge < -0.3 is 16.2 Å². The van der Waals surface area contributed by atoms with Crippen LogP contribution in [0.15, 0.2) is 18.2 Å². The van der Waals surface area contributed by atoms with Crippen LogP contribution in [0.1, 0.15) is 30.9 Å². The lowest BCUT2D eigenvalue weighted by Gasteiger charge is -2.26. The van der Waals surface area contributed by atoms with Crippen molar-refractivity contribution < 1.29 is 5.11 Å². The first kappa shape index (κ1) is 15.1. The molecule has 0 saturated heterocycles. The molecule has 1 aromatic rings. The molecule has 106 valence electrons. The van der Waals surface area contributed by atoms with Gasteiger partial charge in [-0.2, -0.15) is 0 Å². The lowest BCUT2D eigenvalue weighted by Crippen LogP contribution is -2.39. The van der Waals surface area contributed by atoms with E-state index >= 15 is 0 Å². The van der Waals surface area contributed by atoms with Crippen LogP contribution in [0.2, 0.25) is 10.0 Å². The zero-order chi connectivity index (χ0) is 13.8. The molecule has 1 aromatic carbocycles. The highest BCUT2D eigenvalue weighted by Crippen LogP contribution is 2.29. The summed E-state index contributed by atoms with van der Waals surface area (Å²) in [7, 11) is 0. The second-order valence-electron chi connectivity index (χ2n) is 5.14. The van der Waals surface area contributed by atoms with E-state index in [1.165, 1.54) is 0 Å². The van der Waals surface area contributed by atoms with E-state index in [9.17, 15) is 5.11 Å². The van der Waals surface area contributed by atoms with Crippen molar-refractivity contribution in [2.45, 2.75) is 31.3 Å². The second-order valence-corrected chi connectivity index (χ2v) is 6.01. The van der Waals surface area contributed by atoms with Crippen LogP contribution in [0, 0.1) is 5.92 Å². The Kier molecular flexibility index (Phi) is 5.48. The standard InChI is InChI=1S/C14H20Cl2N2O/c15-11-4-10(5-12(16)6-11)14(7-17)18-13-3-1-2-9(13)8-19/h4-6,9,13-14,18-19H,1-3,7-8,17H2. The molecule has 2 rings (SSSR count). The number of rotatable bonds is 5. The zero-order valence-corrected chi connectivity index (χ0v) is 12.3. The summed E-state index contributed by atoms with van der Waals surface area (Å²) in [6.07, 6.45) is 3.30. The number of nitrogens with one attached hydrogen (secondary N) is 1. The van der Waals surface area contributed by atoms with Crippen LogP contribution in [0.5, 0.6) is 0 Å². The van der Waals surface area contributed by atoms with Gasteiger partial charge in [0.25, 0.3) is 0 Å². The minimum Gasteiger partial charge on any atom is -0.396 e. The van der Waals surface area contributed by atoms with Gasteiger partial charge in [0.15, 0.2) is 0 Å². The summed E-state index contributed by atoms with van der Waals surface area (Å²) in [5.74, 6) is 0.323. The van der Waals surface area contributed by atoms with Gasteiger partial charge in [0, 0.05) is 35.3 Å². The Balaban J connectivity index is 2.11. The maximum absolute atomic E-state index is 9.37. The van der Waals surface area contributed by atoms with Gasteiger partial charge in [-0.15, -0.1) is 0 Å². The molecule has 4 N–H and O–H groups in total. The van der Waals surface area contributed by atoms with Crippen LogP contribution in [0.3, 0.4) is 0 Å². The first-order valence-corrected chi connectivity index (χ1v) is 7.42. The van der Waals surface area contributed by atoms with Gasteiger partial charge in [-0.3, -0.25) is 0 Å². The SMILES string of the molecule is NCC(NC1CCCC1CO)c1cc(Cl)cc(Cl)c1. The summed E-state index contributed by atoms with van der Waals surface area (Å²) in [5.41, 5.74) is 6.86. The second kappa shape index (κ2) is 6.91. The minimum atomic E-state index is 0.0216. The maximum atomic E-state index is 9.37. The summed E-state index contributed by atoms with van der Waals surface area (Å²) in [4.78, 5) is 0. The average molecular weight is 303 g/mol. The number of aliphatic hydroxyl groups is 1. The Bertz CT molecular complexity index is 408. The Hall–Kier alpha value is -0.320. The van der Waals surface area contributed by atoms with Gasteiger partial charge in [-0.05, 0) is 42.5 Å². The molecule has 0 bridgehead atoms. The van der Waals surface area contributed by atoms with E-state index in [0.717, 1.165) is 24.8 Å². The van der Waals surface area contributed by atoms with E-state index in [1.807, 2.05) is 12.1 Å². The Morgan fingerprint density at radius 3 is 2.53 bits per heavy atom. The number of nitrogens with two attached hydrogens (primary N) is 1. The molecule has 0 aromatic heterocycles. The monoisotopic (exact) mass is 302 g/mol.